The molecule has 0 N–H and O–H groups in total. The number of benzene rings is 2. The average Bonchev–Trinajstić information content (AvgIpc) is 2.66. The number of rotatable bonds is 3. The van der Waals surface area contributed by atoms with Crippen LogP contribution in [0, 0.1) is 6.92 Å². The van der Waals surface area contributed by atoms with Crippen molar-refractivity contribution in [3.63, 3.8) is 0 Å². The topological polar surface area (TPSA) is 61.1 Å². The molecule has 0 saturated carbocycles. The second-order valence-electron chi connectivity index (χ2n) is 6.18. The van der Waals surface area contributed by atoms with Crippen LogP contribution in [0.1, 0.15) is 11.1 Å². The highest BCUT2D eigenvalue weighted by molar-refractivity contribution is 5.85. The molecule has 0 atom stereocenters. The SMILES string of the molecule is COc1ccc(OC)c(N2COc3ccc4c(C)cc(=O)oc4c3C2)c1. The zero-order chi connectivity index (χ0) is 18.3. The Morgan fingerprint density at radius 2 is 1.92 bits per heavy atom. The second-order valence-corrected chi connectivity index (χ2v) is 6.18. The summed E-state index contributed by atoms with van der Waals surface area (Å²) < 4.78 is 22.2. The summed E-state index contributed by atoms with van der Waals surface area (Å²) in [6.45, 7) is 2.79. The maximum absolute atomic E-state index is 11.9. The number of fused-ring (bicyclic) bond motifs is 3. The third kappa shape index (κ3) is 2.63. The smallest absolute Gasteiger partial charge is 0.336 e. The van der Waals surface area contributed by atoms with E-state index in [2.05, 4.69) is 0 Å². The first-order valence-corrected chi connectivity index (χ1v) is 8.27. The van der Waals surface area contributed by atoms with Gasteiger partial charge in [-0.15, -0.1) is 0 Å². The molecule has 0 spiro atoms. The highest BCUT2D eigenvalue weighted by atomic mass is 16.5. The lowest BCUT2D eigenvalue weighted by Crippen LogP contribution is -2.32. The summed E-state index contributed by atoms with van der Waals surface area (Å²) in [7, 11) is 3.25. The third-order valence-corrected chi connectivity index (χ3v) is 4.63. The summed E-state index contributed by atoms with van der Waals surface area (Å²) in [6.07, 6.45) is 0. The van der Waals surface area contributed by atoms with Crippen LogP contribution in [-0.2, 0) is 6.54 Å². The molecule has 2 aromatic carbocycles. The lowest BCUT2D eigenvalue weighted by molar-refractivity contribution is 0.286. The van der Waals surface area contributed by atoms with Gasteiger partial charge >= 0.3 is 5.63 Å². The van der Waals surface area contributed by atoms with Crippen molar-refractivity contribution in [2.75, 3.05) is 25.9 Å². The van der Waals surface area contributed by atoms with Gasteiger partial charge in [-0.2, -0.15) is 0 Å². The zero-order valence-electron chi connectivity index (χ0n) is 14.9. The first-order chi connectivity index (χ1) is 12.6. The van der Waals surface area contributed by atoms with Crippen molar-refractivity contribution >= 4 is 16.7 Å². The van der Waals surface area contributed by atoms with Crippen LogP contribution < -0.4 is 24.7 Å². The molecule has 0 radical (unpaired) electrons. The molecule has 1 aliphatic heterocycles. The Morgan fingerprint density at radius 1 is 1.08 bits per heavy atom. The van der Waals surface area contributed by atoms with Gasteiger partial charge in [-0.3, -0.25) is 0 Å². The number of aryl methyl sites for hydroxylation is 1. The van der Waals surface area contributed by atoms with E-state index < -0.39 is 0 Å². The molecular formula is C20H19NO5. The third-order valence-electron chi connectivity index (χ3n) is 4.63. The van der Waals surface area contributed by atoms with Crippen LogP contribution in [0.3, 0.4) is 0 Å². The van der Waals surface area contributed by atoms with Crippen molar-refractivity contribution in [2.45, 2.75) is 13.5 Å². The fourth-order valence-corrected chi connectivity index (χ4v) is 3.29. The van der Waals surface area contributed by atoms with E-state index in [1.165, 1.54) is 6.07 Å². The lowest BCUT2D eigenvalue weighted by Gasteiger charge is -2.32. The molecule has 0 amide bonds. The van der Waals surface area contributed by atoms with Crippen LogP contribution in [0.5, 0.6) is 17.2 Å². The van der Waals surface area contributed by atoms with Crippen molar-refractivity contribution in [2.24, 2.45) is 0 Å². The number of anilines is 1. The first kappa shape index (κ1) is 16.3. The van der Waals surface area contributed by atoms with E-state index in [0.717, 1.165) is 39.4 Å². The van der Waals surface area contributed by atoms with Gasteiger partial charge in [-0.25, -0.2) is 4.79 Å². The minimum absolute atomic E-state index is 0.359. The maximum Gasteiger partial charge on any atom is 0.336 e. The molecule has 4 rings (SSSR count). The molecule has 0 saturated heterocycles. The van der Waals surface area contributed by atoms with E-state index >= 15 is 0 Å². The minimum Gasteiger partial charge on any atom is -0.497 e. The van der Waals surface area contributed by atoms with Crippen molar-refractivity contribution in [1.29, 1.82) is 0 Å². The van der Waals surface area contributed by atoms with Crippen LogP contribution >= 0.6 is 0 Å². The molecule has 134 valence electrons. The lowest BCUT2D eigenvalue weighted by atomic mass is 10.0. The molecular weight excluding hydrogens is 334 g/mol. The summed E-state index contributed by atoms with van der Waals surface area (Å²) >= 11 is 0. The normalized spacial score (nSPS) is 13.3. The van der Waals surface area contributed by atoms with Crippen LogP contribution in [0.4, 0.5) is 5.69 Å². The molecule has 6 nitrogen and oxygen atoms in total. The van der Waals surface area contributed by atoms with Crippen LogP contribution in [0.2, 0.25) is 0 Å². The molecule has 0 bridgehead atoms. The molecule has 0 fully saturated rings. The molecule has 0 unspecified atom stereocenters. The van der Waals surface area contributed by atoms with E-state index in [1.807, 2.05) is 42.2 Å². The molecule has 1 aromatic heterocycles. The minimum atomic E-state index is -0.362. The number of methoxy groups -OCH3 is 2. The van der Waals surface area contributed by atoms with E-state index in [1.54, 1.807) is 14.2 Å². The molecule has 2 heterocycles. The van der Waals surface area contributed by atoms with Gasteiger partial charge in [-0.05, 0) is 36.8 Å². The monoisotopic (exact) mass is 353 g/mol. The largest absolute Gasteiger partial charge is 0.497 e. The second kappa shape index (κ2) is 6.29. The summed E-state index contributed by atoms with van der Waals surface area (Å²) in [5.41, 5.74) is 2.79. The predicted octanol–water partition coefficient (Wildman–Crippen LogP) is 3.48. The Bertz CT molecular complexity index is 1040. The highest BCUT2D eigenvalue weighted by Crippen LogP contribution is 2.38. The van der Waals surface area contributed by atoms with E-state index in [4.69, 9.17) is 18.6 Å². The molecule has 1 aliphatic rings. The standard InChI is InChI=1S/C20H19NO5/c1-12-8-19(22)26-20-14(12)5-7-17-15(20)10-21(11-25-17)16-9-13(23-2)4-6-18(16)24-3/h4-9H,10-11H2,1-3H3. The zero-order valence-corrected chi connectivity index (χ0v) is 14.9. The highest BCUT2D eigenvalue weighted by Gasteiger charge is 2.24. The van der Waals surface area contributed by atoms with Crippen molar-refractivity contribution in [3.05, 3.63) is 57.9 Å². The number of nitrogens with zero attached hydrogens (tertiary/aromatic N) is 1. The number of hydrogen-bond donors (Lipinski definition) is 0. The van der Waals surface area contributed by atoms with Gasteiger partial charge in [0.25, 0.3) is 0 Å². The van der Waals surface area contributed by atoms with Gasteiger partial charge < -0.3 is 23.5 Å². The fraction of sp³-hybridized carbons (Fsp3) is 0.250. The van der Waals surface area contributed by atoms with Gasteiger partial charge in [0.15, 0.2) is 6.73 Å². The van der Waals surface area contributed by atoms with E-state index in [9.17, 15) is 4.79 Å². The Balaban J connectivity index is 1.83. The van der Waals surface area contributed by atoms with Crippen LogP contribution in [-0.4, -0.2) is 21.0 Å². The number of hydrogen-bond acceptors (Lipinski definition) is 6. The van der Waals surface area contributed by atoms with Crippen LogP contribution in [0.25, 0.3) is 11.0 Å². The molecule has 6 heteroatoms. The van der Waals surface area contributed by atoms with E-state index in [-0.39, 0.29) is 5.63 Å². The van der Waals surface area contributed by atoms with Gasteiger partial charge in [0.2, 0.25) is 0 Å². The van der Waals surface area contributed by atoms with Gasteiger partial charge in [0, 0.05) is 17.5 Å². The van der Waals surface area contributed by atoms with E-state index in [0.29, 0.717) is 18.9 Å². The van der Waals surface area contributed by atoms with Gasteiger partial charge in [-0.1, -0.05) is 0 Å². The van der Waals surface area contributed by atoms with Crippen molar-refractivity contribution in [3.8, 4) is 17.2 Å². The van der Waals surface area contributed by atoms with Crippen molar-refractivity contribution in [1.82, 2.24) is 0 Å². The van der Waals surface area contributed by atoms with Gasteiger partial charge in [0.05, 0.1) is 32.0 Å². The molecule has 26 heavy (non-hydrogen) atoms. The Labute approximate surface area is 150 Å². The fourth-order valence-electron chi connectivity index (χ4n) is 3.29. The molecule has 3 aromatic rings. The Hall–Kier alpha value is -3.15. The maximum atomic E-state index is 11.9. The summed E-state index contributed by atoms with van der Waals surface area (Å²) in [5.74, 6) is 2.17. The average molecular weight is 353 g/mol. The predicted molar refractivity (Wildman–Crippen MR) is 98.4 cm³/mol. The Kier molecular flexibility index (Phi) is 3.95. The van der Waals surface area contributed by atoms with Gasteiger partial charge in [0.1, 0.15) is 22.8 Å². The summed E-state index contributed by atoms with van der Waals surface area (Å²) in [4.78, 5) is 13.9. The Morgan fingerprint density at radius 3 is 2.69 bits per heavy atom. The summed E-state index contributed by atoms with van der Waals surface area (Å²) in [5, 5.41) is 0.909. The quantitative estimate of drug-likeness (QED) is 0.672. The summed E-state index contributed by atoms with van der Waals surface area (Å²) in [6, 6.07) is 11.0. The number of ether oxygens (including phenoxy) is 3. The first-order valence-electron chi connectivity index (χ1n) is 8.27. The molecule has 0 aliphatic carbocycles. The van der Waals surface area contributed by atoms with Crippen LogP contribution in [0.15, 0.2) is 45.6 Å². The van der Waals surface area contributed by atoms with Crippen molar-refractivity contribution < 1.29 is 18.6 Å².